The van der Waals surface area contributed by atoms with Crippen LogP contribution < -0.4 is 10.6 Å². The largest absolute Gasteiger partial charge is 0.357 e. The van der Waals surface area contributed by atoms with E-state index in [0.717, 1.165) is 31.2 Å². The van der Waals surface area contributed by atoms with Gasteiger partial charge in [0.05, 0.1) is 6.54 Å². The Labute approximate surface area is 136 Å². The number of nitrogens with one attached hydrogen (secondary N) is 2. The molecule has 5 nitrogen and oxygen atoms in total. The molecule has 0 aromatic carbocycles. The number of pyridine rings is 1. The van der Waals surface area contributed by atoms with Gasteiger partial charge in [0.25, 0.3) is 0 Å². The fourth-order valence-electron chi connectivity index (χ4n) is 1.74. The smallest absolute Gasteiger partial charge is 0.191 e. The highest BCUT2D eigenvalue weighted by Crippen LogP contribution is 2.10. The normalized spacial score (nSPS) is 13.7. The third-order valence-electron chi connectivity index (χ3n) is 2.97. The third-order valence-corrected chi connectivity index (χ3v) is 4.89. The van der Waals surface area contributed by atoms with E-state index in [1.807, 2.05) is 45.9 Å². The van der Waals surface area contributed by atoms with Gasteiger partial charge in [-0.15, -0.1) is 0 Å². The lowest BCUT2D eigenvalue weighted by molar-refractivity contribution is 0.648. The van der Waals surface area contributed by atoms with Crippen molar-refractivity contribution < 1.29 is 4.21 Å². The van der Waals surface area contributed by atoms with Crippen molar-refractivity contribution in [1.29, 1.82) is 0 Å². The molecule has 1 heterocycles. The Kier molecular flexibility index (Phi) is 8.09. The first-order valence-corrected chi connectivity index (χ1v) is 9.06. The Bertz CT molecular complexity index is 483. The summed E-state index contributed by atoms with van der Waals surface area (Å²) in [5.74, 6) is 1.35. The summed E-state index contributed by atoms with van der Waals surface area (Å²) in [5.41, 5.74) is 1.06. The molecule has 0 bridgehead atoms. The Morgan fingerprint density at radius 2 is 2.09 bits per heavy atom. The van der Waals surface area contributed by atoms with Gasteiger partial charge in [-0.1, -0.05) is 6.07 Å². The van der Waals surface area contributed by atoms with Crippen LogP contribution in [0.15, 0.2) is 29.4 Å². The first kappa shape index (κ1) is 18.6. The van der Waals surface area contributed by atoms with E-state index in [-0.39, 0.29) is 4.75 Å². The lowest BCUT2D eigenvalue weighted by Crippen LogP contribution is -2.38. The van der Waals surface area contributed by atoms with Crippen LogP contribution in [0.25, 0.3) is 0 Å². The second-order valence-corrected chi connectivity index (χ2v) is 8.24. The summed E-state index contributed by atoms with van der Waals surface area (Å²) in [5, 5.41) is 6.48. The molecule has 1 aromatic heterocycles. The molecule has 0 radical (unpaired) electrons. The van der Waals surface area contributed by atoms with Crippen LogP contribution in [-0.2, 0) is 17.2 Å². The molecule has 0 fully saturated rings. The highest BCUT2D eigenvalue weighted by molar-refractivity contribution is 7.86. The Hall–Kier alpha value is -1.43. The SMILES string of the molecule is CCNC(=NCCS(=O)C(C)(C)C)NCCc1ccccn1. The van der Waals surface area contributed by atoms with E-state index >= 15 is 0 Å². The lowest BCUT2D eigenvalue weighted by Gasteiger charge is -2.17. The second-order valence-electron chi connectivity index (χ2n) is 5.92. The summed E-state index contributed by atoms with van der Waals surface area (Å²) in [6.07, 6.45) is 2.65. The van der Waals surface area contributed by atoms with Crippen LogP contribution in [0.3, 0.4) is 0 Å². The van der Waals surface area contributed by atoms with Gasteiger partial charge in [-0.2, -0.15) is 0 Å². The van der Waals surface area contributed by atoms with Gasteiger partial charge in [0.2, 0.25) is 0 Å². The van der Waals surface area contributed by atoms with E-state index in [2.05, 4.69) is 20.6 Å². The van der Waals surface area contributed by atoms with Crippen LogP contribution in [0.2, 0.25) is 0 Å². The molecule has 0 aliphatic carbocycles. The predicted molar refractivity (Wildman–Crippen MR) is 94.7 cm³/mol. The number of guanidine groups is 1. The molecular weight excluding hydrogens is 296 g/mol. The van der Waals surface area contributed by atoms with Crippen LogP contribution in [0.5, 0.6) is 0 Å². The summed E-state index contributed by atoms with van der Waals surface area (Å²) in [7, 11) is -0.866. The first-order chi connectivity index (χ1) is 10.4. The molecule has 1 aromatic rings. The molecule has 2 N–H and O–H groups in total. The Morgan fingerprint density at radius 1 is 1.32 bits per heavy atom. The van der Waals surface area contributed by atoms with Gasteiger partial charge in [0.15, 0.2) is 5.96 Å². The zero-order valence-electron chi connectivity index (χ0n) is 14.1. The molecule has 1 unspecified atom stereocenters. The summed E-state index contributed by atoms with van der Waals surface area (Å²) in [6.45, 7) is 10.1. The van der Waals surface area contributed by atoms with Crippen molar-refractivity contribution in [2.75, 3.05) is 25.4 Å². The molecule has 0 spiro atoms. The number of rotatable bonds is 7. The van der Waals surface area contributed by atoms with Crippen LogP contribution in [0.4, 0.5) is 0 Å². The van der Waals surface area contributed by atoms with Crippen molar-refractivity contribution in [2.45, 2.75) is 38.9 Å². The molecule has 0 saturated carbocycles. The monoisotopic (exact) mass is 324 g/mol. The second kappa shape index (κ2) is 9.56. The molecule has 1 rings (SSSR count). The topological polar surface area (TPSA) is 66.4 Å². The molecular formula is C16H28N4OS. The molecule has 1 atom stereocenters. The van der Waals surface area contributed by atoms with E-state index in [1.165, 1.54) is 0 Å². The van der Waals surface area contributed by atoms with Crippen molar-refractivity contribution in [3.05, 3.63) is 30.1 Å². The minimum Gasteiger partial charge on any atom is -0.357 e. The Balaban J connectivity index is 2.40. The standard InChI is InChI=1S/C16H28N4OS/c1-5-17-15(20-12-13-22(21)16(2,3)4)19-11-9-14-8-6-7-10-18-14/h6-8,10H,5,9,11-13H2,1-4H3,(H2,17,19,20). The van der Waals surface area contributed by atoms with Gasteiger partial charge in [0.1, 0.15) is 0 Å². The van der Waals surface area contributed by atoms with Gasteiger partial charge < -0.3 is 10.6 Å². The quantitative estimate of drug-likeness (QED) is 0.592. The summed E-state index contributed by atoms with van der Waals surface area (Å²) in [4.78, 5) is 8.77. The van der Waals surface area contributed by atoms with Gasteiger partial charge in [-0.05, 0) is 39.8 Å². The first-order valence-electron chi connectivity index (χ1n) is 7.74. The van der Waals surface area contributed by atoms with Crippen LogP contribution in [0, 0.1) is 0 Å². The van der Waals surface area contributed by atoms with Crippen LogP contribution >= 0.6 is 0 Å². The van der Waals surface area contributed by atoms with Crippen molar-refractivity contribution in [3.63, 3.8) is 0 Å². The Morgan fingerprint density at radius 3 is 2.68 bits per heavy atom. The number of hydrogen-bond acceptors (Lipinski definition) is 3. The van der Waals surface area contributed by atoms with Gasteiger partial charge in [0, 0.05) is 52.7 Å². The molecule has 124 valence electrons. The number of aliphatic imine (C=N–C) groups is 1. The van der Waals surface area contributed by atoms with E-state index in [1.54, 1.807) is 6.20 Å². The van der Waals surface area contributed by atoms with Crippen molar-refractivity contribution in [3.8, 4) is 0 Å². The fourth-order valence-corrected chi connectivity index (χ4v) is 2.61. The zero-order chi connectivity index (χ0) is 16.4. The minimum absolute atomic E-state index is 0.180. The molecule has 0 saturated heterocycles. The number of aromatic nitrogens is 1. The summed E-state index contributed by atoms with van der Waals surface area (Å²) < 4.78 is 11.8. The highest BCUT2D eigenvalue weighted by atomic mass is 32.2. The van der Waals surface area contributed by atoms with E-state index in [4.69, 9.17) is 0 Å². The van der Waals surface area contributed by atoms with Crippen LogP contribution in [-0.4, -0.2) is 45.3 Å². The van der Waals surface area contributed by atoms with E-state index in [0.29, 0.717) is 12.3 Å². The lowest BCUT2D eigenvalue weighted by atomic mass is 10.3. The minimum atomic E-state index is -0.866. The maximum absolute atomic E-state index is 12.0. The zero-order valence-corrected chi connectivity index (χ0v) is 14.9. The molecule has 0 aliphatic heterocycles. The summed E-state index contributed by atoms with van der Waals surface area (Å²) >= 11 is 0. The fraction of sp³-hybridized carbons (Fsp3) is 0.625. The average molecular weight is 324 g/mol. The maximum Gasteiger partial charge on any atom is 0.191 e. The molecule has 6 heteroatoms. The average Bonchev–Trinajstić information content (AvgIpc) is 2.47. The van der Waals surface area contributed by atoms with Crippen molar-refractivity contribution in [1.82, 2.24) is 15.6 Å². The van der Waals surface area contributed by atoms with E-state index in [9.17, 15) is 4.21 Å². The predicted octanol–water partition coefficient (Wildman–Crippen LogP) is 1.73. The molecule has 0 aliphatic rings. The van der Waals surface area contributed by atoms with Gasteiger partial charge in [-0.3, -0.25) is 14.2 Å². The molecule has 22 heavy (non-hydrogen) atoms. The van der Waals surface area contributed by atoms with Gasteiger partial charge >= 0.3 is 0 Å². The van der Waals surface area contributed by atoms with E-state index < -0.39 is 10.8 Å². The van der Waals surface area contributed by atoms with Crippen molar-refractivity contribution in [2.24, 2.45) is 4.99 Å². The number of hydrogen-bond donors (Lipinski definition) is 2. The summed E-state index contributed by atoms with van der Waals surface area (Å²) in [6, 6.07) is 5.92. The van der Waals surface area contributed by atoms with Crippen molar-refractivity contribution >= 4 is 16.8 Å². The third kappa shape index (κ3) is 7.54. The molecule has 0 amide bonds. The highest BCUT2D eigenvalue weighted by Gasteiger charge is 2.18. The van der Waals surface area contributed by atoms with Gasteiger partial charge in [-0.25, -0.2) is 0 Å². The maximum atomic E-state index is 12.0. The number of nitrogens with zero attached hydrogens (tertiary/aromatic N) is 2. The van der Waals surface area contributed by atoms with Crippen LogP contribution in [0.1, 0.15) is 33.4 Å².